The number of aromatic nitrogens is 5. The normalized spacial score (nSPS) is 14.3. The summed E-state index contributed by atoms with van der Waals surface area (Å²) in [5.41, 5.74) is 2.90. The molecule has 0 spiro atoms. The molecule has 4 heterocycles. The van der Waals surface area contributed by atoms with E-state index >= 15 is 0 Å². The number of carbonyl (C=O) groups excluding carboxylic acids is 1. The third kappa shape index (κ3) is 3.70. The van der Waals surface area contributed by atoms with E-state index in [4.69, 9.17) is 9.47 Å². The number of benzene rings is 1. The van der Waals surface area contributed by atoms with Crippen molar-refractivity contribution in [2.45, 2.75) is 39.4 Å². The number of rotatable bonds is 5. The summed E-state index contributed by atoms with van der Waals surface area (Å²) in [6.07, 6.45) is 7.41. The van der Waals surface area contributed by atoms with Crippen molar-refractivity contribution in [3.8, 4) is 11.5 Å². The number of ether oxygens (including phenoxy) is 2. The molecule has 1 aliphatic heterocycles. The molecule has 0 saturated carbocycles. The van der Waals surface area contributed by atoms with Crippen molar-refractivity contribution >= 4 is 17.2 Å². The van der Waals surface area contributed by atoms with Crippen molar-refractivity contribution < 1.29 is 14.3 Å². The third-order valence-electron chi connectivity index (χ3n) is 5.07. The monoisotopic (exact) mass is 418 g/mol. The van der Waals surface area contributed by atoms with Crippen molar-refractivity contribution in [1.29, 1.82) is 0 Å². The summed E-state index contributed by atoms with van der Waals surface area (Å²) in [5.74, 6) is 1.77. The number of H-pyrrole nitrogens is 1. The van der Waals surface area contributed by atoms with Gasteiger partial charge in [-0.15, -0.1) is 0 Å². The van der Waals surface area contributed by atoms with E-state index in [0.717, 1.165) is 29.3 Å². The quantitative estimate of drug-likeness (QED) is 0.515. The number of fused-ring (bicyclic) bond motifs is 2. The lowest BCUT2D eigenvalue weighted by molar-refractivity contribution is 0.102. The van der Waals surface area contributed by atoms with E-state index in [2.05, 4.69) is 25.4 Å². The molecule has 4 aromatic rings. The van der Waals surface area contributed by atoms with Crippen molar-refractivity contribution in [1.82, 2.24) is 24.6 Å². The number of nitrogens with zero attached hydrogens (tertiary/aromatic N) is 4. The molecule has 158 valence electrons. The summed E-state index contributed by atoms with van der Waals surface area (Å²) in [5, 5.41) is 7.15. The molecule has 31 heavy (non-hydrogen) atoms. The van der Waals surface area contributed by atoms with Crippen molar-refractivity contribution in [2.24, 2.45) is 0 Å². The molecular formula is C22H22N6O3. The van der Waals surface area contributed by atoms with Gasteiger partial charge in [-0.25, -0.2) is 14.5 Å². The van der Waals surface area contributed by atoms with Gasteiger partial charge in [-0.3, -0.25) is 4.79 Å². The Hall–Kier alpha value is -3.88. The second-order valence-corrected chi connectivity index (χ2v) is 8.16. The van der Waals surface area contributed by atoms with Crippen LogP contribution in [0.2, 0.25) is 0 Å². The van der Waals surface area contributed by atoms with Gasteiger partial charge in [0, 0.05) is 36.6 Å². The molecule has 0 atom stereocenters. The molecule has 0 fully saturated rings. The first kappa shape index (κ1) is 19.1. The van der Waals surface area contributed by atoms with Gasteiger partial charge in [0.1, 0.15) is 35.1 Å². The molecule has 0 unspecified atom stereocenters. The largest absolute Gasteiger partial charge is 0.487 e. The number of amides is 1. The Morgan fingerprint density at radius 1 is 1.39 bits per heavy atom. The summed E-state index contributed by atoms with van der Waals surface area (Å²) in [6.45, 7) is 6.20. The van der Waals surface area contributed by atoms with Crippen LogP contribution in [0.5, 0.6) is 11.5 Å². The van der Waals surface area contributed by atoms with E-state index in [-0.39, 0.29) is 18.1 Å². The lowest BCUT2D eigenvalue weighted by Crippen LogP contribution is -2.24. The molecular weight excluding hydrogens is 396 g/mol. The number of aromatic amines is 1. The van der Waals surface area contributed by atoms with E-state index in [0.29, 0.717) is 22.6 Å². The van der Waals surface area contributed by atoms with Crippen LogP contribution < -0.4 is 14.8 Å². The Morgan fingerprint density at radius 2 is 2.26 bits per heavy atom. The van der Waals surface area contributed by atoms with Crippen molar-refractivity contribution in [3.05, 3.63) is 65.6 Å². The molecule has 0 radical (unpaired) electrons. The minimum absolute atomic E-state index is 0.258. The predicted molar refractivity (Wildman–Crippen MR) is 113 cm³/mol. The topological polar surface area (TPSA) is 106 Å². The van der Waals surface area contributed by atoms with Gasteiger partial charge >= 0.3 is 0 Å². The van der Waals surface area contributed by atoms with Gasteiger partial charge in [-0.05, 0) is 32.9 Å². The van der Waals surface area contributed by atoms with Gasteiger partial charge in [-0.1, -0.05) is 0 Å². The first-order valence-electron chi connectivity index (χ1n) is 9.97. The first-order valence-corrected chi connectivity index (χ1v) is 9.97. The number of hydrogen-bond donors (Lipinski definition) is 2. The van der Waals surface area contributed by atoms with Gasteiger partial charge in [0.15, 0.2) is 5.65 Å². The molecule has 5 rings (SSSR count). The highest BCUT2D eigenvalue weighted by Crippen LogP contribution is 2.41. The van der Waals surface area contributed by atoms with E-state index in [1.807, 2.05) is 32.9 Å². The highest BCUT2D eigenvalue weighted by molar-refractivity contribution is 6.08. The molecule has 3 aromatic heterocycles. The number of anilines is 1. The maximum absolute atomic E-state index is 13.0. The highest BCUT2D eigenvalue weighted by atomic mass is 16.5. The number of carbonyl (C=O) groups is 1. The smallest absolute Gasteiger partial charge is 0.261 e. The van der Waals surface area contributed by atoms with Crippen LogP contribution in [0.3, 0.4) is 0 Å². The number of hydrogen-bond acceptors (Lipinski definition) is 6. The Labute approximate surface area is 178 Å². The average Bonchev–Trinajstić information content (AvgIpc) is 3.41. The Morgan fingerprint density at radius 3 is 3.06 bits per heavy atom. The summed E-state index contributed by atoms with van der Waals surface area (Å²) in [7, 11) is 0. The molecule has 1 aromatic carbocycles. The second kappa shape index (κ2) is 7.12. The molecule has 1 aliphatic rings. The van der Waals surface area contributed by atoms with Gasteiger partial charge in [-0.2, -0.15) is 5.10 Å². The summed E-state index contributed by atoms with van der Waals surface area (Å²) < 4.78 is 13.6. The second-order valence-electron chi connectivity index (χ2n) is 8.16. The maximum Gasteiger partial charge on any atom is 0.261 e. The van der Waals surface area contributed by atoms with Crippen LogP contribution in [0.1, 0.15) is 41.3 Å². The lowest BCUT2D eigenvalue weighted by atomic mass is 10.0. The zero-order chi connectivity index (χ0) is 21.6. The predicted octanol–water partition coefficient (Wildman–Crippen LogP) is 3.31. The van der Waals surface area contributed by atoms with Crippen LogP contribution in [-0.2, 0) is 13.0 Å². The van der Waals surface area contributed by atoms with Crippen LogP contribution in [0.15, 0.2) is 43.0 Å². The molecule has 2 N–H and O–H groups in total. The van der Waals surface area contributed by atoms with Crippen molar-refractivity contribution in [2.75, 3.05) is 5.32 Å². The van der Waals surface area contributed by atoms with Crippen molar-refractivity contribution in [3.63, 3.8) is 0 Å². The van der Waals surface area contributed by atoms with Crippen LogP contribution in [0.25, 0.3) is 5.65 Å². The van der Waals surface area contributed by atoms with E-state index in [1.54, 1.807) is 29.2 Å². The minimum Gasteiger partial charge on any atom is -0.487 e. The van der Waals surface area contributed by atoms with E-state index < -0.39 is 0 Å². The fraction of sp³-hybridized carbons (Fsp3) is 0.273. The SMILES string of the molecule is Cc1nc(COc2cc3c(cc2NC(=O)c2cnn4cccnc24)CC(C)(C)O3)c[nH]1. The highest BCUT2D eigenvalue weighted by Gasteiger charge is 2.31. The summed E-state index contributed by atoms with van der Waals surface area (Å²) in [6, 6.07) is 5.49. The molecule has 0 bridgehead atoms. The third-order valence-corrected chi connectivity index (χ3v) is 5.07. The van der Waals surface area contributed by atoms with Crippen LogP contribution >= 0.6 is 0 Å². The number of aryl methyl sites for hydroxylation is 1. The average molecular weight is 418 g/mol. The standard InChI is InChI=1S/C22H22N6O3/c1-13-24-10-15(26-13)12-30-19-8-18-14(9-22(2,3)31-18)7-17(19)27-21(29)16-11-25-28-6-4-5-23-20(16)28/h4-8,10-11H,9,12H2,1-3H3,(H,24,26)(H,27,29). The summed E-state index contributed by atoms with van der Waals surface area (Å²) >= 11 is 0. The first-order chi connectivity index (χ1) is 14.9. The van der Waals surface area contributed by atoms with Gasteiger partial charge < -0.3 is 19.8 Å². The molecule has 9 nitrogen and oxygen atoms in total. The van der Waals surface area contributed by atoms with E-state index in [9.17, 15) is 4.79 Å². The molecule has 1 amide bonds. The molecule has 0 aliphatic carbocycles. The summed E-state index contributed by atoms with van der Waals surface area (Å²) in [4.78, 5) is 24.7. The van der Waals surface area contributed by atoms with Crippen LogP contribution in [-0.4, -0.2) is 36.1 Å². The minimum atomic E-state index is -0.313. The van der Waals surface area contributed by atoms with Crippen LogP contribution in [0.4, 0.5) is 5.69 Å². The number of nitrogens with one attached hydrogen (secondary N) is 2. The fourth-order valence-corrected chi connectivity index (χ4v) is 3.72. The van der Waals surface area contributed by atoms with Gasteiger partial charge in [0.05, 0.1) is 17.6 Å². The molecule has 9 heteroatoms. The Kier molecular flexibility index (Phi) is 4.39. The Balaban J connectivity index is 1.46. The zero-order valence-corrected chi connectivity index (χ0v) is 17.5. The lowest BCUT2D eigenvalue weighted by Gasteiger charge is -2.17. The fourth-order valence-electron chi connectivity index (χ4n) is 3.72. The molecule has 0 saturated heterocycles. The zero-order valence-electron chi connectivity index (χ0n) is 17.5. The van der Waals surface area contributed by atoms with E-state index in [1.165, 1.54) is 6.20 Å². The van der Waals surface area contributed by atoms with Gasteiger partial charge in [0.25, 0.3) is 5.91 Å². The Bertz CT molecular complexity index is 1290. The number of imidazole rings is 1. The van der Waals surface area contributed by atoms with Gasteiger partial charge in [0.2, 0.25) is 0 Å². The van der Waals surface area contributed by atoms with Crippen LogP contribution in [0, 0.1) is 6.92 Å². The maximum atomic E-state index is 13.0.